The van der Waals surface area contributed by atoms with Crippen LogP contribution in [0.15, 0.2) is 53.5 Å². The molecule has 0 aliphatic carbocycles. The van der Waals surface area contributed by atoms with E-state index in [-0.39, 0.29) is 25.2 Å². The van der Waals surface area contributed by atoms with Crippen LogP contribution < -0.4 is 15.6 Å². The number of carbonyl (C=O) groups excluding carboxylic acids is 2. The Morgan fingerprint density at radius 2 is 1.70 bits per heavy atom. The van der Waals surface area contributed by atoms with Gasteiger partial charge in [-0.05, 0) is 76.6 Å². The van der Waals surface area contributed by atoms with Crippen molar-refractivity contribution in [2.45, 2.75) is 66.0 Å². The summed E-state index contributed by atoms with van der Waals surface area (Å²) in [6, 6.07) is 10.7. The number of rotatable bonds is 10. The second kappa shape index (κ2) is 13.1. The summed E-state index contributed by atoms with van der Waals surface area (Å²) in [6.45, 7) is 11.5. The summed E-state index contributed by atoms with van der Waals surface area (Å²) in [6.07, 6.45) is 2.00. The van der Waals surface area contributed by atoms with Gasteiger partial charge in [-0.15, -0.1) is 0 Å². The van der Waals surface area contributed by atoms with E-state index in [1.807, 2.05) is 34.6 Å². The number of benzene rings is 2. The first-order valence-electron chi connectivity index (χ1n) is 14.1. The zero-order valence-corrected chi connectivity index (χ0v) is 26.3. The van der Waals surface area contributed by atoms with Crippen LogP contribution in [0.3, 0.4) is 0 Å². The quantitative estimate of drug-likeness (QED) is 0.200. The number of hydrogen-bond donors (Lipinski definition) is 1. The monoisotopic (exact) mass is 604 g/mol. The summed E-state index contributed by atoms with van der Waals surface area (Å²) in [4.78, 5) is 49.3. The van der Waals surface area contributed by atoms with Crippen molar-refractivity contribution in [3.8, 4) is 16.9 Å². The van der Waals surface area contributed by atoms with E-state index in [4.69, 9.17) is 21.1 Å². The van der Waals surface area contributed by atoms with Crippen LogP contribution in [-0.2, 0) is 9.53 Å². The molecule has 2 heterocycles. The topological polar surface area (TPSA) is 112 Å². The third kappa shape index (κ3) is 7.47. The number of carbonyl (C=O) groups is 2. The lowest BCUT2D eigenvalue weighted by Gasteiger charge is -2.24. The molecule has 0 radical (unpaired) electrons. The molecule has 1 amide bonds. The zero-order valence-electron chi connectivity index (χ0n) is 25.6. The van der Waals surface area contributed by atoms with Crippen LogP contribution in [0.4, 0.5) is 5.69 Å². The van der Waals surface area contributed by atoms with E-state index in [9.17, 15) is 14.4 Å². The molecule has 1 atom stereocenters. The molecule has 0 saturated carbocycles. The maximum Gasteiger partial charge on any atom is 0.252 e. The highest BCUT2D eigenvalue weighted by Crippen LogP contribution is 2.34. The molecule has 0 aliphatic rings. The van der Waals surface area contributed by atoms with Crippen molar-refractivity contribution in [3.63, 3.8) is 0 Å². The molecule has 226 valence electrons. The third-order valence-electron chi connectivity index (χ3n) is 7.06. The number of nitrogens with zero attached hydrogens (tertiary/aromatic N) is 3. The molecule has 0 saturated heterocycles. The fraction of sp³-hybridized carbons (Fsp3) is 0.364. The molecule has 9 nitrogen and oxygen atoms in total. The third-order valence-corrected chi connectivity index (χ3v) is 7.30. The van der Waals surface area contributed by atoms with Crippen molar-refractivity contribution < 1.29 is 19.1 Å². The van der Waals surface area contributed by atoms with E-state index < -0.39 is 23.1 Å². The van der Waals surface area contributed by atoms with Gasteiger partial charge in [0.2, 0.25) is 5.91 Å². The minimum Gasteiger partial charge on any atom is -0.495 e. The molecule has 1 unspecified atom stereocenters. The Balaban J connectivity index is 1.76. The molecule has 4 aromatic rings. The predicted octanol–water partition coefficient (Wildman–Crippen LogP) is 6.72. The zero-order chi connectivity index (χ0) is 31.5. The fourth-order valence-corrected chi connectivity index (χ4v) is 4.90. The van der Waals surface area contributed by atoms with Gasteiger partial charge >= 0.3 is 0 Å². The van der Waals surface area contributed by atoms with Gasteiger partial charge in [-0.25, -0.2) is 9.97 Å². The molecule has 2 aromatic carbocycles. The van der Waals surface area contributed by atoms with Crippen LogP contribution in [0, 0.1) is 13.8 Å². The first kappa shape index (κ1) is 31.8. The first-order chi connectivity index (χ1) is 20.3. The van der Waals surface area contributed by atoms with E-state index in [0.717, 1.165) is 16.9 Å². The van der Waals surface area contributed by atoms with Crippen molar-refractivity contribution in [1.82, 2.24) is 14.5 Å². The predicted molar refractivity (Wildman–Crippen MR) is 169 cm³/mol. The average molecular weight is 605 g/mol. The highest BCUT2D eigenvalue weighted by Gasteiger charge is 2.26. The fourth-order valence-electron chi connectivity index (χ4n) is 4.73. The van der Waals surface area contributed by atoms with Crippen LogP contribution in [-0.4, -0.2) is 45.5 Å². The Bertz CT molecular complexity index is 1740. The minimum absolute atomic E-state index is 0.0973. The van der Waals surface area contributed by atoms with Gasteiger partial charge in [-0.3, -0.25) is 19.0 Å². The average Bonchev–Trinajstić information content (AvgIpc) is 2.95. The number of aryl methyl sites for hydroxylation is 2. The van der Waals surface area contributed by atoms with E-state index in [0.29, 0.717) is 38.7 Å². The molecule has 10 heteroatoms. The number of ketones is 1. The number of pyridine rings is 1. The SMILES string of the molecule is CCC(=O)c1ccc(Cl)cc1-c1cc(=O)n(C(CCOC(C)(C)C)C(=O)Nc2ccc3nc(C)c(C)nc3c2)cc1OC. The van der Waals surface area contributed by atoms with Gasteiger partial charge in [0.15, 0.2) is 5.78 Å². The van der Waals surface area contributed by atoms with Crippen LogP contribution >= 0.6 is 11.6 Å². The summed E-state index contributed by atoms with van der Waals surface area (Å²) in [5.41, 5.74) is 3.97. The number of nitrogens with one attached hydrogen (secondary N) is 1. The number of aromatic nitrogens is 3. The smallest absolute Gasteiger partial charge is 0.252 e. The molecule has 0 bridgehead atoms. The molecular weight excluding hydrogens is 568 g/mol. The molecule has 0 fully saturated rings. The Kier molecular flexibility index (Phi) is 9.67. The lowest BCUT2D eigenvalue weighted by Crippen LogP contribution is -2.34. The van der Waals surface area contributed by atoms with E-state index >= 15 is 0 Å². The molecule has 0 spiro atoms. The van der Waals surface area contributed by atoms with Gasteiger partial charge < -0.3 is 14.8 Å². The Morgan fingerprint density at radius 3 is 2.35 bits per heavy atom. The van der Waals surface area contributed by atoms with Crippen molar-refractivity contribution in [3.05, 3.63) is 81.0 Å². The second-order valence-corrected chi connectivity index (χ2v) is 11.8. The second-order valence-electron chi connectivity index (χ2n) is 11.3. The van der Waals surface area contributed by atoms with Crippen LogP contribution in [0.1, 0.15) is 68.3 Å². The van der Waals surface area contributed by atoms with Gasteiger partial charge in [0.1, 0.15) is 11.8 Å². The van der Waals surface area contributed by atoms with E-state index in [2.05, 4.69) is 15.3 Å². The largest absolute Gasteiger partial charge is 0.495 e. The van der Waals surface area contributed by atoms with Crippen molar-refractivity contribution in [1.29, 1.82) is 0 Å². The normalized spacial score (nSPS) is 12.3. The Morgan fingerprint density at radius 1 is 1.00 bits per heavy atom. The summed E-state index contributed by atoms with van der Waals surface area (Å²) in [7, 11) is 1.47. The van der Waals surface area contributed by atoms with Gasteiger partial charge in [0.25, 0.3) is 5.56 Å². The lowest BCUT2D eigenvalue weighted by atomic mass is 9.96. The first-order valence-corrected chi connectivity index (χ1v) is 14.5. The number of anilines is 1. The van der Waals surface area contributed by atoms with Crippen molar-refractivity contribution in [2.75, 3.05) is 19.0 Å². The highest BCUT2D eigenvalue weighted by atomic mass is 35.5. The molecular formula is C33H37ClN4O5. The van der Waals surface area contributed by atoms with Crippen LogP contribution in [0.2, 0.25) is 5.02 Å². The maximum absolute atomic E-state index is 13.8. The standard InChI is InChI=1S/C33H37ClN4O5/c1-8-29(39)23-11-9-21(34)15-24(23)25-17-31(40)38(18-30(25)42-7)28(13-14-43-33(4,5)6)32(41)37-22-10-12-26-27(16-22)36-20(3)19(2)35-26/h9-12,15-18,28H,8,13-14H2,1-7H3,(H,37,41). The van der Waals surface area contributed by atoms with Crippen LogP contribution in [0.25, 0.3) is 22.2 Å². The molecule has 2 aromatic heterocycles. The van der Waals surface area contributed by atoms with Gasteiger partial charge in [0.05, 0.1) is 41.3 Å². The summed E-state index contributed by atoms with van der Waals surface area (Å²) in [5.74, 6) is -0.191. The minimum atomic E-state index is -0.935. The number of fused-ring (bicyclic) bond motifs is 1. The summed E-state index contributed by atoms with van der Waals surface area (Å²) < 4.78 is 12.9. The molecule has 43 heavy (non-hydrogen) atoms. The van der Waals surface area contributed by atoms with Crippen molar-refractivity contribution in [2.24, 2.45) is 0 Å². The number of methoxy groups -OCH3 is 1. The Hall–Kier alpha value is -4.08. The molecule has 0 aliphatic heterocycles. The highest BCUT2D eigenvalue weighted by molar-refractivity contribution is 6.31. The lowest BCUT2D eigenvalue weighted by molar-refractivity contribution is -0.120. The number of hydrogen-bond acceptors (Lipinski definition) is 7. The van der Waals surface area contributed by atoms with E-state index in [1.165, 1.54) is 23.9 Å². The number of ether oxygens (including phenoxy) is 2. The van der Waals surface area contributed by atoms with Gasteiger partial charge in [0, 0.05) is 47.4 Å². The van der Waals surface area contributed by atoms with E-state index in [1.54, 1.807) is 43.3 Å². The van der Waals surface area contributed by atoms with Crippen LogP contribution in [0.5, 0.6) is 5.75 Å². The summed E-state index contributed by atoms with van der Waals surface area (Å²) in [5, 5.41) is 3.35. The molecule has 1 N–H and O–H groups in total. The number of Topliss-reactive ketones (excluding diaryl/α,β-unsaturated/α-hetero) is 1. The van der Waals surface area contributed by atoms with Crippen molar-refractivity contribution >= 4 is 40.0 Å². The van der Waals surface area contributed by atoms with Gasteiger partial charge in [-0.2, -0.15) is 0 Å². The summed E-state index contributed by atoms with van der Waals surface area (Å²) >= 11 is 6.29. The Labute approximate surface area is 256 Å². The number of amides is 1. The number of halogens is 1. The maximum atomic E-state index is 13.8. The molecule has 4 rings (SSSR count). The van der Waals surface area contributed by atoms with Gasteiger partial charge in [-0.1, -0.05) is 18.5 Å².